The monoisotopic (exact) mass is 383 g/mol. The van der Waals surface area contributed by atoms with Crippen LogP contribution in [0.15, 0.2) is 40.8 Å². The molecule has 0 atom stereocenters. The van der Waals surface area contributed by atoms with E-state index in [2.05, 4.69) is 27.1 Å². The van der Waals surface area contributed by atoms with Crippen LogP contribution < -0.4 is 15.8 Å². The average molecular weight is 383 g/mol. The number of amides is 1. The Bertz CT molecular complexity index is 1050. The van der Waals surface area contributed by atoms with Crippen molar-refractivity contribution < 1.29 is 4.79 Å². The number of carbonyl (C=O) groups is 1. The number of aromatic nitrogens is 2. The first-order valence-electron chi connectivity index (χ1n) is 8.83. The van der Waals surface area contributed by atoms with Gasteiger partial charge in [-0.3, -0.25) is 14.0 Å². The lowest BCUT2D eigenvalue weighted by Crippen LogP contribution is -2.44. The van der Waals surface area contributed by atoms with Gasteiger partial charge in [-0.25, -0.2) is 4.98 Å². The molecule has 7 nitrogen and oxygen atoms in total. The number of nitrogens with zero attached hydrogens (tertiary/aromatic N) is 4. The van der Waals surface area contributed by atoms with Crippen molar-refractivity contribution in [1.29, 1.82) is 0 Å². The minimum absolute atomic E-state index is 0.0340. The molecule has 0 bridgehead atoms. The Morgan fingerprint density at radius 2 is 2.00 bits per heavy atom. The van der Waals surface area contributed by atoms with Crippen LogP contribution in [-0.2, 0) is 0 Å². The maximum absolute atomic E-state index is 12.6. The number of piperazine rings is 1. The molecule has 1 fully saturated rings. The number of hydrogen-bond acceptors (Lipinski definition) is 6. The summed E-state index contributed by atoms with van der Waals surface area (Å²) < 4.78 is 1.39. The summed E-state index contributed by atoms with van der Waals surface area (Å²) in [6.07, 6.45) is 2.97. The van der Waals surface area contributed by atoms with Crippen LogP contribution in [0.1, 0.15) is 15.9 Å². The van der Waals surface area contributed by atoms with Crippen LogP contribution in [-0.4, -0.2) is 53.4 Å². The summed E-state index contributed by atoms with van der Waals surface area (Å²) in [7, 11) is 2.13. The van der Waals surface area contributed by atoms with E-state index in [1.165, 1.54) is 27.6 Å². The van der Waals surface area contributed by atoms with Gasteiger partial charge in [0.1, 0.15) is 5.56 Å². The number of nitrogens with one attached hydrogen (secondary N) is 1. The Labute approximate surface area is 160 Å². The zero-order valence-corrected chi connectivity index (χ0v) is 16.1. The van der Waals surface area contributed by atoms with E-state index in [4.69, 9.17) is 0 Å². The normalized spacial score (nSPS) is 15.3. The summed E-state index contributed by atoms with van der Waals surface area (Å²) in [5, 5.41) is 4.59. The first-order chi connectivity index (χ1) is 13.0. The summed E-state index contributed by atoms with van der Waals surface area (Å²) in [5.41, 5.74) is 2.63. The number of likely N-dealkylation sites (N-methyl/N-ethyl adjacent to an activating group) is 1. The molecule has 0 aliphatic carbocycles. The highest BCUT2D eigenvalue weighted by atomic mass is 32.1. The minimum atomic E-state index is -0.445. The van der Waals surface area contributed by atoms with E-state index in [1.54, 1.807) is 11.6 Å². The van der Waals surface area contributed by atoms with Gasteiger partial charge in [-0.05, 0) is 37.7 Å². The number of carbonyl (C=O) groups excluding carboxylic acids is 1. The van der Waals surface area contributed by atoms with Crippen molar-refractivity contribution >= 4 is 33.6 Å². The molecule has 27 heavy (non-hydrogen) atoms. The smallest absolute Gasteiger partial charge is 0.271 e. The molecule has 1 saturated heterocycles. The van der Waals surface area contributed by atoms with Gasteiger partial charge in [-0.1, -0.05) is 0 Å². The number of thiazole rings is 1. The number of fused-ring (bicyclic) bond motifs is 1. The molecule has 140 valence electrons. The van der Waals surface area contributed by atoms with Crippen LogP contribution in [0.2, 0.25) is 0 Å². The lowest BCUT2D eigenvalue weighted by Gasteiger charge is -2.35. The van der Waals surface area contributed by atoms with Crippen molar-refractivity contribution in [1.82, 2.24) is 14.3 Å². The highest BCUT2D eigenvalue weighted by Gasteiger charge is 2.17. The molecule has 1 aliphatic heterocycles. The Balaban J connectivity index is 1.53. The van der Waals surface area contributed by atoms with Crippen molar-refractivity contribution in [2.75, 3.05) is 43.4 Å². The molecule has 0 spiro atoms. The Morgan fingerprint density at radius 1 is 1.22 bits per heavy atom. The predicted molar refractivity (Wildman–Crippen MR) is 108 cm³/mol. The number of anilines is 2. The highest BCUT2D eigenvalue weighted by molar-refractivity contribution is 7.15. The van der Waals surface area contributed by atoms with Gasteiger partial charge >= 0.3 is 0 Å². The van der Waals surface area contributed by atoms with Crippen LogP contribution in [0.25, 0.3) is 4.96 Å². The van der Waals surface area contributed by atoms with Crippen LogP contribution >= 0.6 is 11.3 Å². The quantitative estimate of drug-likeness (QED) is 0.750. The third-order valence-corrected chi connectivity index (χ3v) is 5.66. The Hall–Kier alpha value is -2.71. The van der Waals surface area contributed by atoms with Crippen molar-refractivity contribution in [2.45, 2.75) is 6.92 Å². The van der Waals surface area contributed by atoms with Gasteiger partial charge in [0.05, 0.1) is 0 Å². The Morgan fingerprint density at radius 3 is 2.74 bits per heavy atom. The third-order valence-electron chi connectivity index (χ3n) is 4.89. The largest absolute Gasteiger partial charge is 0.369 e. The van der Waals surface area contributed by atoms with E-state index in [9.17, 15) is 9.59 Å². The molecule has 0 saturated carbocycles. The second kappa shape index (κ2) is 7.13. The molecule has 2 aromatic heterocycles. The van der Waals surface area contributed by atoms with Crippen LogP contribution in [0.4, 0.5) is 11.4 Å². The number of rotatable bonds is 3. The molecule has 0 radical (unpaired) electrons. The molecule has 1 amide bonds. The van der Waals surface area contributed by atoms with Crippen molar-refractivity contribution in [3.8, 4) is 0 Å². The van der Waals surface area contributed by atoms with Gasteiger partial charge < -0.3 is 15.1 Å². The van der Waals surface area contributed by atoms with Crippen LogP contribution in [0, 0.1) is 6.92 Å². The molecule has 1 N–H and O–H groups in total. The lowest BCUT2D eigenvalue weighted by molar-refractivity contribution is 0.102. The lowest BCUT2D eigenvalue weighted by atomic mass is 10.1. The summed E-state index contributed by atoms with van der Waals surface area (Å²) in [5.74, 6) is -0.445. The first-order valence-corrected chi connectivity index (χ1v) is 9.71. The summed E-state index contributed by atoms with van der Waals surface area (Å²) in [6, 6.07) is 5.86. The van der Waals surface area contributed by atoms with Crippen molar-refractivity contribution in [3.63, 3.8) is 0 Å². The molecular formula is C19H21N5O2S. The molecule has 4 rings (SSSR count). The van der Waals surface area contributed by atoms with Crippen LogP contribution in [0.5, 0.6) is 0 Å². The maximum atomic E-state index is 12.6. The van der Waals surface area contributed by atoms with Gasteiger partial charge in [0.25, 0.3) is 11.5 Å². The second-order valence-corrected chi connectivity index (χ2v) is 7.65. The van der Waals surface area contributed by atoms with Gasteiger partial charge in [0.2, 0.25) is 0 Å². The molecular weight excluding hydrogens is 362 g/mol. The zero-order chi connectivity index (χ0) is 19.0. The van der Waals surface area contributed by atoms with Crippen molar-refractivity contribution in [3.05, 3.63) is 57.5 Å². The molecule has 8 heteroatoms. The SMILES string of the molecule is Cc1cc(NC(=O)c2cnc3sccn3c2=O)ccc1N1CCN(C)CC1. The van der Waals surface area contributed by atoms with E-state index in [0.29, 0.717) is 10.6 Å². The van der Waals surface area contributed by atoms with E-state index in [0.717, 1.165) is 31.7 Å². The molecule has 0 unspecified atom stereocenters. The van der Waals surface area contributed by atoms with Gasteiger partial charge in [-0.15, -0.1) is 11.3 Å². The first kappa shape index (κ1) is 17.7. The average Bonchev–Trinajstić information content (AvgIpc) is 3.13. The summed E-state index contributed by atoms with van der Waals surface area (Å²) in [6.45, 7) is 6.11. The highest BCUT2D eigenvalue weighted by Crippen LogP contribution is 2.24. The minimum Gasteiger partial charge on any atom is -0.369 e. The van der Waals surface area contributed by atoms with Crippen LogP contribution in [0.3, 0.4) is 0 Å². The molecule has 3 heterocycles. The maximum Gasteiger partial charge on any atom is 0.271 e. The zero-order valence-electron chi connectivity index (χ0n) is 15.3. The number of benzene rings is 1. The van der Waals surface area contributed by atoms with Gasteiger partial charge in [0, 0.05) is 55.3 Å². The standard InChI is InChI=1S/C19H21N5O2S/c1-13-11-14(3-4-16(13)23-7-5-22(2)6-8-23)21-17(25)15-12-20-19-24(18(15)26)9-10-27-19/h3-4,9-12H,5-8H2,1-2H3,(H,21,25). The van der Waals surface area contributed by atoms with E-state index < -0.39 is 5.91 Å². The molecule has 3 aromatic rings. The summed E-state index contributed by atoms with van der Waals surface area (Å²) >= 11 is 1.36. The predicted octanol–water partition coefficient (Wildman–Crippen LogP) is 2.07. The van der Waals surface area contributed by atoms with Crippen molar-refractivity contribution in [2.24, 2.45) is 0 Å². The topological polar surface area (TPSA) is 70.0 Å². The van der Waals surface area contributed by atoms with E-state index >= 15 is 0 Å². The second-order valence-electron chi connectivity index (χ2n) is 6.78. The molecule has 1 aromatic carbocycles. The number of hydrogen-bond donors (Lipinski definition) is 1. The fourth-order valence-electron chi connectivity index (χ4n) is 3.31. The summed E-state index contributed by atoms with van der Waals surface area (Å²) in [4.78, 5) is 34.4. The molecule has 1 aliphatic rings. The van der Waals surface area contributed by atoms with Gasteiger partial charge in [0.15, 0.2) is 4.96 Å². The van der Waals surface area contributed by atoms with Gasteiger partial charge in [-0.2, -0.15) is 0 Å². The Kier molecular flexibility index (Phi) is 4.67. The third kappa shape index (κ3) is 3.45. The fraction of sp³-hybridized carbons (Fsp3) is 0.316. The van der Waals surface area contributed by atoms with E-state index in [1.807, 2.05) is 25.1 Å². The fourth-order valence-corrected chi connectivity index (χ4v) is 3.99. The van der Waals surface area contributed by atoms with E-state index in [-0.39, 0.29) is 11.1 Å². The number of aryl methyl sites for hydroxylation is 1.